The number of nitrogens with zero attached hydrogens (tertiary/aromatic N) is 3. The zero-order valence-corrected chi connectivity index (χ0v) is 11.5. The number of hydrogen-bond donors (Lipinski definition) is 1. The fourth-order valence-electron chi connectivity index (χ4n) is 1.69. The first-order chi connectivity index (χ1) is 8.81. The summed E-state index contributed by atoms with van der Waals surface area (Å²) >= 11 is 1.67. The van der Waals surface area contributed by atoms with Crippen molar-refractivity contribution in [2.24, 2.45) is 0 Å². The van der Waals surface area contributed by atoms with Crippen LogP contribution in [0.1, 0.15) is 17.0 Å². The van der Waals surface area contributed by atoms with Crippen LogP contribution < -0.4 is 5.32 Å². The van der Waals surface area contributed by atoms with Crippen LogP contribution in [0.4, 0.5) is 5.95 Å². The summed E-state index contributed by atoms with van der Waals surface area (Å²) in [4.78, 5) is 9.81. The molecular formula is C12H18N4OS. The number of anilines is 1. The zero-order chi connectivity index (χ0) is 12.8. The van der Waals surface area contributed by atoms with E-state index in [-0.39, 0.29) is 0 Å². The molecule has 2 rings (SSSR count). The van der Waals surface area contributed by atoms with Crippen molar-refractivity contribution in [3.63, 3.8) is 0 Å². The van der Waals surface area contributed by atoms with E-state index in [0.717, 1.165) is 37.8 Å². The maximum absolute atomic E-state index is 5.05. The van der Waals surface area contributed by atoms with E-state index in [1.165, 1.54) is 4.88 Å². The van der Waals surface area contributed by atoms with Gasteiger partial charge in [0, 0.05) is 37.5 Å². The third kappa shape index (κ3) is 3.30. The number of aromatic nitrogens is 3. The molecule has 0 aliphatic heterocycles. The van der Waals surface area contributed by atoms with Crippen molar-refractivity contribution in [3.05, 3.63) is 28.5 Å². The number of thiazole rings is 1. The molecule has 0 saturated carbocycles. The molecular weight excluding hydrogens is 248 g/mol. The summed E-state index contributed by atoms with van der Waals surface area (Å²) in [5, 5.41) is 3.34. The number of methoxy groups -OCH3 is 1. The lowest BCUT2D eigenvalue weighted by Gasteiger charge is -2.09. The minimum atomic E-state index is 0.769. The Morgan fingerprint density at radius 1 is 1.44 bits per heavy atom. The van der Waals surface area contributed by atoms with E-state index in [0.29, 0.717) is 0 Å². The molecule has 6 heteroatoms. The lowest BCUT2D eigenvalue weighted by atomic mass is 10.4. The summed E-state index contributed by atoms with van der Waals surface area (Å²) in [5.74, 6) is 0.902. The quantitative estimate of drug-likeness (QED) is 0.781. The molecule has 1 N–H and O–H groups in total. The molecule has 0 bridgehead atoms. The van der Waals surface area contributed by atoms with Gasteiger partial charge in [0.15, 0.2) is 0 Å². The molecule has 2 aromatic heterocycles. The van der Waals surface area contributed by atoms with Crippen LogP contribution in [0.3, 0.4) is 0 Å². The molecule has 0 atom stereocenters. The van der Waals surface area contributed by atoms with Crippen molar-refractivity contribution in [2.75, 3.05) is 19.0 Å². The van der Waals surface area contributed by atoms with Crippen LogP contribution in [0.25, 0.3) is 0 Å². The van der Waals surface area contributed by atoms with E-state index in [9.17, 15) is 0 Å². The Hall–Kier alpha value is -1.40. The van der Waals surface area contributed by atoms with Gasteiger partial charge in [0.1, 0.15) is 0 Å². The van der Waals surface area contributed by atoms with Crippen molar-refractivity contribution >= 4 is 17.3 Å². The molecule has 0 saturated heterocycles. The van der Waals surface area contributed by atoms with Gasteiger partial charge in [-0.15, -0.1) is 11.3 Å². The van der Waals surface area contributed by atoms with Gasteiger partial charge in [-0.2, -0.15) is 0 Å². The molecule has 2 aromatic rings. The lowest BCUT2D eigenvalue weighted by molar-refractivity contribution is 0.190. The Balaban J connectivity index is 1.89. The van der Waals surface area contributed by atoms with Crippen LogP contribution in [0.5, 0.6) is 0 Å². The van der Waals surface area contributed by atoms with Crippen molar-refractivity contribution < 1.29 is 4.74 Å². The lowest BCUT2D eigenvalue weighted by Crippen LogP contribution is -2.08. The molecule has 0 aliphatic rings. The second kappa shape index (κ2) is 6.51. The summed E-state index contributed by atoms with van der Waals surface area (Å²) in [6.07, 6.45) is 4.79. The monoisotopic (exact) mass is 266 g/mol. The third-order valence-electron chi connectivity index (χ3n) is 2.71. The van der Waals surface area contributed by atoms with Crippen LogP contribution in [-0.4, -0.2) is 28.3 Å². The number of imidazole rings is 1. The highest BCUT2D eigenvalue weighted by Crippen LogP contribution is 2.14. The maximum atomic E-state index is 5.05. The maximum Gasteiger partial charge on any atom is 0.203 e. The van der Waals surface area contributed by atoms with Crippen LogP contribution in [0.2, 0.25) is 0 Å². The predicted molar refractivity (Wildman–Crippen MR) is 72.9 cm³/mol. The van der Waals surface area contributed by atoms with E-state index in [2.05, 4.69) is 19.9 Å². The van der Waals surface area contributed by atoms with Gasteiger partial charge in [0.05, 0.1) is 17.7 Å². The molecule has 0 unspecified atom stereocenters. The molecule has 5 nitrogen and oxygen atoms in total. The molecule has 98 valence electrons. The molecule has 0 aliphatic carbocycles. The molecule has 18 heavy (non-hydrogen) atoms. The average Bonchev–Trinajstić information content (AvgIpc) is 2.96. The SMILES string of the molecule is COCCCn1ccnc1NCc1scnc1C. The first kappa shape index (κ1) is 13.0. The number of aryl methyl sites for hydroxylation is 2. The fourth-order valence-corrected chi connectivity index (χ4v) is 2.41. The number of nitrogens with one attached hydrogen (secondary N) is 1. The Morgan fingerprint density at radius 3 is 3.06 bits per heavy atom. The van der Waals surface area contributed by atoms with E-state index < -0.39 is 0 Å². The molecule has 0 fully saturated rings. The van der Waals surface area contributed by atoms with Gasteiger partial charge in [-0.05, 0) is 13.3 Å². The zero-order valence-electron chi connectivity index (χ0n) is 10.7. The second-order valence-corrected chi connectivity index (χ2v) is 4.94. The average molecular weight is 266 g/mol. The second-order valence-electron chi connectivity index (χ2n) is 4.01. The molecule has 0 amide bonds. The first-order valence-corrected chi connectivity index (χ1v) is 6.82. The number of hydrogen-bond acceptors (Lipinski definition) is 5. The molecule has 0 radical (unpaired) electrons. The van der Waals surface area contributed by atoms with Crippen LogP contribution in [-0.2, 0) is 17.8 Å². The van der Waals surface area contributed by atoms with Crippen LogP contribution in [0.15, 0.2) is 17.9 Å². The van der Waals surface area contributed by atoms with Gasteiger partial charge in [-0.25, -0.2) is 9.97 Å². The summed E-state index contributed by atoms with van der Waals surface area (Å²) in [5.41, 5.74) is 2.96. The molecule has 0 spiro atoms. The van der Waals surface area contributed by atoms with Gasteiger partial charge < -0.3 is 14.6 Å². The minimum Gasteiger partial charge on any atom is -0.385 e. The Labute approximate surface area is 111 Å². The van der Waals surface area contributed by atoms with Gasteiger partial charge >= 0.3 is 0 Å². The van der Waals surface area contributed by atoms with Gasteiger partial charge in [-0.3, -0.25) is 0 Å². The largest absolute Gasteiger partial charge is 0.385 e. The van der Waals surface area contributed by atoms with Crippen LogP contribution >= 0.6 is 11.3 Å². The number of ether oxygens (including phenoxy) is 1. The van der Waals surface area contributed by atoms with Crippen molar-refractivity contribution in [3.8, 4) is 0 Å². The Kier molecular flexibility index (Phi) is 4.72. The highest BCUT2D eigenvalue weighted by atomic mass is 32.1. The minimum absolute atomic E-state index is 0.769. The molecule has 0 aromatic carbocycles. The van der Waals surface area contributed by atoms with Gasteiger partial charge in [-0.1, -0.05) is 0 Å². The van der Waals surface area contributed by atoms with Crippen molar-refractivity contribution in [2.45, 2.75) is 26.4 Å². The van der Waals surface area contributed by atoms with E-state index in [1.807, 2.05) is 24.8 Å². The summed E-state index contributed by atoms with van der Waals surface area (Å²) in [7, 11) is 1.72. The highest BCUT2D eigenvalue weighted by Gasteiger charge is 2.05. The summed E-state index contributed by atoms with van der Waals surface area (Å²) < 4.78 is 7.16. The summed E-state index contributed by atoms with van der Waals surface area (Å²) in [6.45, 7) is 4.49. The van der Waals surface area contributed by atoms with E-state index in [4.69, 9.17) is 4.74 Å². The predicted octanol–water partition coefficient (Wildman–Crippen LogP) is 2.30. The van der Waals surface area contributed by atoms with Crippen LogP contribution in [0, 0.1) is 6.92 Å². The fraction of sp³-hybridized carbons (Fsp3) is 0.500. The van der Waals surface area contributed by atoms with Gasteiger partial charge in [0.25, 0.3) is 0 Å². The smallest absolute Gasteiger partial charge is 0.203 e. The van der Waals surface area contributed by atoms with E-state index >= 15 is 0 Å². The van der Waals surface area contributed by atoms with Crippen molar-refractivity contribution in [1.82, 2.24) is 14.5 Å². The Morgan fingerprint density at radius 2 is 2.33 bits per heavy atom. The normalized spacial score (nSPS) is 10.8. The third-order valence-corrected chi connectivity index (χ3v) is 3.65. The van der Waals surface area contributed by atoms with E-state index in [1.54, 1.807) is 18.4 Å². The molecule has 2 heterocycles. The topological polar surface area (TPSA) is 52.0 Å². The first-order valence-electron chi connectivity index (χ1n) is 5.94. The van der Waals surface area contributed by atoms with Crippen molar-refractivity contribution in [1.29, 1.82) is 0 Å². The highest BCUT2D eigenvalue weighted by molar-refractivity contribution is 7.09. The number of rotatable bonds is 7. The van der Waals surface area contributed by atoms with Gasteiger partial charge in [0.2, 0.25) is 5.95 Å². The standard InChI is InChI=1S/C12H18N4OS/c1-10-11(18-9-15-10)8-14-12-13-4-6-16(12)5-3-7-17-2/h4,6,9H,3,5,7-8H2,1-2H3,(H,13,14). The summed E-state index contributed by atoms with van der Waals surface area (Å²) in [6, 6.07) is 0. The Bertz CT molecular complexity index is 480.